The first-order valence-corrected chi connectivity index (χ1v) is 9.93. The van der Waals surface area contributed by atoms with Gasteiger partial charge >= 0.3 is 5.97 Å². The molecular formula is C21H19FN4O5S. The van der Waals surface area contributed by atoms with Crippen molar-refractivity contribution in [3.63, 3.8) is 0 Å². The predicted octanol–water partition coefficient (Wildman–Crippen LogP) is 1.52. The maximum atomic E-state index is 13.5. The van der Waals surface area contributed by atoms with Crippen LogP contribution in [0.2, 0.25) is 0 Å². The van der Waals surface area contributed by atoms with Crippen molar-refractivity contribution in [3.05, 3.63) is 65.5 Å². The Hall–Kier alpha value is -3.86. The van der Waals surface area contributed by atoms with E-state index in [1.54, 1.807) is 6.92 Å². The largest absolute Gasteiger partial charge is 0.462 e. The molecule has 3 N–H and O–H groups in total. The summed E-state index contributed by atoms with van der Waals surface area (Å²) >= 11 is 5.37. The Morgan fingerprint density at radius 2 is 1.84 bits per heavy atom. The number of hydrazine groups is 1. The van der Waals surface area contributed by atoms with Crippen molar-refractivity contribution >= 4 is 46.7 Å². The highest BCUT2D eigenvalue weighted by atomic mass is 32.1. The number of nitrogens with two attached hydrogens (primary N) is 1. The molecule has 0 radical (unpaired) electrons. The molecule has 1 saturated heterocycles. The van der Waals surface area contributed by atoms with Crippen molar-refractivity contribution in [2.24, 2.45) is 5.73 Å². The number of ether oxygens (including phenoxy) is 1. The first-order chi connectivity index (χ1) is 15.2. The van der Waals surface area contributed by atoms with E-state index < -0.39 is 42.0 Å². The summed E-state index contributed by atoms with van der Waals surface area (Å²) < 4.78 is 18.4. The van der Waals surface area contributed by atoms with Crippen molar-refractivity contribution < 1.29 is 28.3 Å². The van der Waals surface area contributed by atoms with E-state index in [2.05, 4.69) is 5.43 Å². The van der Waals surface area contributed by atoms with Gasteiger partial charge in [0, 0.05) is 5.56 Å². The zero-order chi connectivity index (χ0) is 23.4. The number of hydrogen-bond donors (Lipinski definition) is 2. The average Bonchev–Trinajstić information content (AvgIpc) is 2.97. The molecule has 1 aliphatic rings. The highest BCUT2D eigenvalue weighted by molar-refractivity contribution is 7.80. The van der Waals surface area contributed by atoms with Crippen LogP contribution in [0.15, 0.2) is 48.5 Å². The van der Waals surface area contributed by atoms with Gasteiger partial charge in [-0.25, -0.2) is 14.2 Å². The maximum absolute atomic E-state index is 13.5. The highest BCUT2D eigenvalue weighted by Gasteiger charge is 2.45. The van der Waals surface area contributed by atoms with Crippen LogP contribution in [0.1, 0.15) is 34.1 Å². The second-order valence-corrected chi connectivity index (χ2v) is 7.10. The molecule has 32 heavy (non-hydrogen) atoms. The van der Waals surface area contributed by atoms with Crippen molar-refractivity contribution in [1.82, 2.24) is 10.4 Å². The van der Waals surface area contributed by atoms with Crippen LogP contribution in [-0.4, -0.2) is 46.5 Å². The molecule has 3 amide bonds. The molecule has 0 unspecified atom stereocenters. The molecular weight excluding hydrogens is 439 g/mol. The lowest BCUT2D eigenvalue weighted by Crippen LogP contribution is -2.49. The molecule has 11 heteroatoms. The summed E-state index contributed by atoms with van der Waals surface area (Å²) in [5.41, 5.74) is 8.30. The summed E-state index contributed by atoms with van der Waals surface area (Å²) in [6, 6.07) is 9.63. The van der Waals surface area contributed by atoms with Gasteiger partial charge in [0.25, 0.3) is 11.8 Å². The average molecular weight is 458 g/mol. The molecule has 1 aliphatic heterocycles. The smallest absolute Gasteiger partial charge is 0.338 e. The molecule has 3 rings (SSSR count). The normalized spacial score (nSPS) is 15.6. The number of anilines is 1. The molecule has 0 saturated carbocycles. The zero-order valence-electron chi connectivity index (χ0n) is 16.9. The van der Waals surface area contributed by atoms with Gasteiger partial charge in [-0.2, -0.15) is 0 Å². The van der Waals surface area contributed by atoms with E-state index in [0.717, 1.165) is 16.0 Å². The summed E-state index contributed by atoms with van der Waals surface area (Å²) in [7, 11) is 0. The second-order valence-electron chi connectivity index (χ2n) is 6.73. The lowest BCUT2D eigenvalue weighted by molar-refractivity contribution is -0.125. The SMILES string of the molecule is CCOC(=O)c1ccc(N2C(=O)[C@@H](CC(N)=O)N(NC(=O)c3cccc(F)c3)C2=S)cc1. The summed E-state index contributed by atoms with van der Waals surface area (Å²) in [6.45, 7) is 1.89. The third-order valence-electron chi connectivity index (χ3n) is 4.55. The molecule has 1 atom stereocenters. The van der Waals surface area contributed by atoms with Crippen LogP contribution in [0.3, 0.4) is 0 Å². The van der Waals surface area contributed by atoms with Gasteiger partial charge in [0.05, 0.1) is 24.3 Å². The maximum Gasteiger partial charge on any atom is 0.338 e. The zero-order valence-corrected chi connectivity index (χ0v) is 17.7. The minimum absolute atomic E-state index is 0.00434. The van der Waals surface area contributed by atoms with Gasteiger partial charge in [-0.1, -0.05) is 6.07 Å². The van der Waals surface area contributed by atoms with Gasteiger partial charge in [-0.3, -0.25) is 24.7 Å². The fourth-order valence-electron chi connectivity index (χ4n) is 3.09. The highest BCUT2D eigenvalue weighted by Crippen LogP contribution is 2.26. The molecule has 1 heterocycles. The van der Waals surface area contributed by atoms with Crippen LogP contribution in [0.4, 0.5) is 10.1 Å². The lowest BCUT2D eigenvalue weighted by Gasteiger charge is -2.24. The van der Waals surface area contributed by atoms with Crippen LogP contribution in [0.25, 0.3) is 0 Å². The van der Waals surface area contributed by atoms with Crippen molar-refractivity contribution in [2.45, 2.75) is 19.4 Å². The standard InChI is InChI=1S/C21H19FN4O5S/c1-2-31-20(30)12-6-8-15(9-7-12)25-19(29)16(11-17(23)27)26(21(25)32)24-18(28)13-4-3-5-14(22)10-13/h3-10,16H,2,11H2,1H3,(H2,23,27)(H,24,28)/t16-/m1/s1. The number of carbonyl (C=O) groups is 4. The molecule has 9 nitrogen and oxygen atoms in total. The first-order valence-electron chi connectivity index (χ1n) is 9.52. The molecule has 2 aromatic rings. The van der Waals surface area contributed by atoms with Gasteiger partial charge < -0.3 is 10.5 Å². The van der Waals surface area contributed by atoms with Crippen LogP contribution in [0, 0.1) is 5.82 Å². The van der Waals surface area contributed by atoms with Gasteiger partial charge in [-0.05, 0) is 61.6 Å². The van der Waals surface area contributed by atoms with E-state index in [4.69, 9.17) is 22.7 Å². The first kappa shape index (κ1) is 22.8. The number of nitrogens with zero attached hydrogens (tertiary/aromatic N) is 2. The molecule has 2 aromatic carbocycles. The summed E-state index contributed by atoms with van der Waals surface area (Å²) in [5, 5.41) is 0.935. The van der Waals surface area contributed by atoms with E-state index >= 15 is 0 Å². The number of hydrogen-bond acceptors (Lipinski definition) is 6. The van der Waals surface area contributed by atoms with Gasteiger partial charge in [0.15, 0.2) is 0 Å². The predicted molar refractivity (Wildman–Crippen MR) is 116 cm³/mol. The summed E-state index contributed by atoms with van der Waals surface area (Å²) in [6.07, 6.45) is -0.417. The van der Waals surface area contributed by atoms with E-state index in [0.29, 0.717) is 5.69 Å². The number of benzene rings is 2. The van der Waals surface area contributed by atoms with Crippen molar-refractivity contribution in [3.8, 4) is 0 Å². The van der Waals surface area contributed by atoms with Crippen LogP contribution < -0.4 is 16.1 Å². The van der Waals surface area contributed by atoms with Crippen molar-refractivity contribution in [2.75, 3.05) is 11.5 Å². The van der Waals surface area contributed by atoms with E-state index in [9.17, 15) is 23.6 Å². The third kappa shape index (κ3) is 4.72. The topological polar surface area (TPSA) is 122 Å². The van der Waals surface area contributed by atoms with E-state index in [-0.39, 0.29) is 22.8 Å². The molecule has 0 aliphatic carbocycles. The second kappa shape index (κ2) is 9.52. The van der Waals surface area contributed by atoms with Crippen LogP contribution in [-0.2, 0) is 14.3 Å². The van der Waals surface area contributed by atoms with E-state index in [1.807, 2.05) is 0 Å². The minimum atomic E-state index is -1.19. The number of primary amides is 1. The van der Waals surface area contributed by atoms with Gasteiger partial charge in [-0.15, -0.1) is 0 Å². The molecule has 1 fully saturated rings. The number of nitrogens with one attached hydrogen (secondary N) is 1. The lowest BCUT2D eigenvalue weighted by atomic mass is 10.1. The number of thiocarbonyl (C=S) groups is 1. The Bertz CT molecular complexity index is 1090. The number of halogens is 1. The number of carbonyl (C=O) groups excluding carboxylic acids is 4. The molecule has 166 valence electrons. The molecule has 0 spiro atoms. The summed E-state index contributed by atoms with van der Waals surface area (Å²) in [4.78, 5) is 50.1. The number of rotatable bonds is 7. The summed E-state index contributed by atoms with van der Waals surface area (Å²) in [5.74, 6) is -3.25. The quantitative estimate of drug-likeness (QED) is 0.477. The van der Waals surface area contributed by atoms with Crippen molar-refractivity contribution in [1.29, 1.82) is 0 Å². The Morgan fingerprint density at radius 3 is 2.44 bits per heavy atom. The Morgan fingerprint density at radius 1 is 1.16 bits per heavy atom. The number of esters is 1. The van der Waals surface area contributed by atoms with Crippen LogP contribution >= 0.6 is 12.2 Å². The minimum Gasteiger partial charge on any atom is -0.462 e. The fraction of sp³-hybridized carbons (Fsp3) is 0.190. The molecule has 0 bridgehead atoms. The van der Waals surface area contributed by atoms with E-state index in [1.165, 1.54) is 42.5 Å². The van der Waals surface area contributed by atoms with Gasteiger partial charge in [0.1, 0.15) is 11.9 Å². The Balaban J connectivity index is 1.88. The molecule has 0 aromatic heterocycles. The van der Waals surface area contributed by atoms with Crippen LogP contribution in [0.5, 0.6) is 0 Å². The number of amides is 3. The Kier molecular flexibility index (Phi) is 6.79. The van der Waals surface area contributed by atoms with Gasteiger partial charge in [0.2, 0.25) is 11.0 Å². The Labute approximate surface area is 187 Å². The third-order valence-corrected chi connectivity index (χ3v) is 4.93. The fourth-order valence-corrected chi connectivity index (χ4v) is 3.46. The monoisotopic (exact) mass is 458 g/mol.